The van der Waals surface area contributed by atoms with Crippen molar-refractivity contribution in [3.8, 4) is 11.5 Å². The Balaban J connectivity index is 1.89. The quantitative estimate of drug-likeness (QED) is 0.685. The molecule has 2 atom stereocenters. The van der Waals surface area contributed by atoms with E-state index in [1.165, 1.54) is 19.2 Å². The van der Waals surface area contributed by atoms with Gasteiger partial charge in [0.25, 0.3) is 0 Å². The Morgan fingerprint density at radius 1 is 1.00 bits per heavy atom. The Bertz CT molecular complexity index is 1040. The lowest BCUT2D eigenvalue weighted by atomic mass is 9.80. The summed E-state index contributed by atoms with van der Waals surface area (Å²) in [5.41, 5.74) is 2.72. The maximum Gasteiger partial charge on any atom is 0.341 e. The number of carbonyl (C=O) groups excluding carboxylic acids is 1. The van der Waals surface area contributed by atoms with Crippen LogP contribution in [0.2, 0.25) is 0 Å². The number of rotatable bonds is 4. The molecular weight excluding hydrogens is 371 g/mol. The molecule has 2 unspecified atom stereocenters. The number of benzene rings is 3. The third-order valence-electron chi connectivity index (χ3n) is 4.97. The largest absolute Gasteiger partial charge is 0.504 e. The monoisotopic (exact) mass is 390 g/mol. The standard InChI is InChI=1S/C23H19FN2O3/c1-29-22-17(24)12-16(13-18(22)27)21-19(14-8-4-2-5-9-14)20(25-23(28)26-21)15-10-6-3-7-11-15/h2-13,19,21,27H,1H3,(H,26,28). The number of halogens is 1. The summed E-state index contributed by atoms with van der Waals surface area (Å²) in [5.74, 6) is -1.63. The molecule has 0 bridgehead atoms. The predicted molar refractivity (Wildman–Crippen MR) is 108 cm³/mol. The molecule has 1 aliphatic rings. The van der Waals surface area contributed by atoms with Crippen LogP contribution in [0.15, 0.2) is 77.8 Å². The van der Waals surface area contributed by atoms with E-state index < -0.39 is 17.9 Å². The van der Waals surface area contributed by atoms with E-state index in [4.69, 9.17) is 4.74 Å². The van der Waals surface area contributed by atoms with Gasteiger partial charge in [-0.2, -0.15) is 4.99 Å². The predicted octanol–water partition coefficient (Wildman–Crippen LogP) is 4.58. The normalized spacial score (nSPS) is 18.7. The fraction of sp³-hybridized carbons (Fsp3) is 0.130. The Labute approximate surface area is 167 Å². The fourth-order valence-corrected chi connectivity index (χ4v) is 3.71. The number of aliphatic imine (C=N–C) groups is 1. The van der Waals surface area contributed by atoms with E-state index in [1.54, 1.807) is 0 Å². The van der Waals surface area contributed by atoms with E-state index in [-0.39, 0.29) is 17.4 Å². The molecule has 146 valence electrons. The molecule has 1 heterocycles. The second-order valence-electron chi connectivity index (χ2n) is 6.73. The van der Waals surface area contributed by atoms with Gasteiger partial charge in [-0.3, -0.25) is 0 Å². The van der Waals surface area contributed by atoms with Crippen LogP contribution in [0.3, 0.4) is 0 Å². The molecule has 0 radical (unpaired) electrons. The summed E-state index contributed by atoms with van der Waals surface area (Å²) in [4.78, 5) is 16.7. The van der Waals surface area contributed by atoms with Crippen molar-refractivity contribution in [2.45, 2.75) is 12.0 Å². The minimum atomic E-state index is -0.702. The molecule has 5 nitrogen and oxygen atoms in total. The van der Waals surface area contributed by atoms with Gasteiger partial charge < -0.3 is 15.2 Å². The smallest absolute Gasteiger partial charge is 0.341 e. The van der Waals surface area contributed by atoms with Crippen molar-refractivity contribution in [1.82, 2.24) is 5.32 Å². The Morgan fingerprint density at radius 3 is 2.28 bits per heavy atom. The summed E-state index contributed by atoms with van der Waals surface area (Å²) in [7, 11) is 1.28. The molecule has 4 rings (SSSR count). The highest BCUT2D eigenvalue weighted by molar-refractivity contribution is 6.12. The van der Waals surface area contributed by atoms with Gasteiger partial charge in [-0.1, -0.05) is 60.7 Å². The van der Waals surface area contributed by atoms with Gasteiger partial charge in [0.05, 0.1) is 24.8 Å². The summed E-state index contributed by atoms with van der Waals surface area (Å²) in [6, 6.07) is 20.5. The topological polar surface area (TPSA) is 70.9 Å². The van der Waals surface area contributed by atoms with E-state index in [0.717, 1.165) is 11.1 Å². The van der Waals surface area contributed by atoms with Crippen LogP contribution in [0, 0.1) is 5.82 Å². The fourth-order valence-electron chi connectivity index (χ4n) is 3.71. The van der Waals surface area contributed by atoms with Crippen LogP contribution in [0.1, 0.15) is 28.7 Å². The first-order valence-corrected chi connectivity index (χ1v) is 9.14. The number of ether oxygens (including phenoxy) is 1. The SMILES string of the molecule is COc1c(O)cc(C2NC(=O)N=C(c3ccccc3)C2c2ccccc2)cc1F. The third-order valence-corrected chi connectivity index (χ3v) is 4.97. The second-order valence-corrected chi connectivity index (χ2v) is 6.73. The molecule has 3 aromatic rings. The highest BCUT2D eigenvalue weighted by atomic mass is 19.1. The summed E-state index contributed by atoms with van der Waals surface area (Å²) in [5, 5.41) is 13.0. The van der Waals surface area contributed by atoms with Gasteiger partial charge >= 0.3 is 6.03 Å². The molecule has 0 saturated carbocycles. The van der Waals surface area contributed by atoms with Crippen LogP contribution in [0.25, 0.3) is 0 Å². The van der Waals surface area contributed by atoms with Gasteiger partial charge in [0.1, 0.15) is 0 Å². The minimum absolute atomic E-state index is 0.232. The number of aromatic hydroxyl groups is 1. The van der Waals surface area contributed by atoms with Crippen LogP contribution in [0.5, 0.6) is 11.5 Å². The molecule has 0 aromatic heterocycles. The number of urea groups is 1. The molecule has 1 aliphatic heterocycles. The number of carbonyl (C=O) groups is 1. The van der Waals surface area contributed by atoms with Crippen LogP contribution >= 0.6 is 0 Å². The van der Waals surface area contributed by atoms with Gasteiger partial charge in [-0.25, -0.2) is 9.18 Å². The number of hydrogen-bond acceptors (Lipinski definition) is 3. The number of phenols is 1. The van der Waals surface area contributed by atoms with E-state index in [2.05, 4.69) is 10.3 Å². The molecule has 0 saturated heterocycles. The van der Waals surface area contributed by atoms with Gasteiger partial charge in [0.15, 0.2) is 17.3 Å². The average Bonchev–Trinajstić information content (AvgIpc) is 2.74. The van der Waals surface area contributed by atoms with Crippen molar-refractivity contribution in [3.63, 3.8) is 0 Å². The summed E-state index contributed by atoms with van der Waals surface area (Å²) in [6.07, 6.45) is 0. The number of nitrogens with one attached hydrogen (secondary N) is 1. The first-order valence-electron chi connectivity index (χ1n) is 9.14. The van der Waals surface area contributed by atoms with Crippen LogP contribution in [-0.4, -0.2) is 24.0 Å². The van der Waals surface area contributed by atoms with Gasteiger partial charge in [-0.05, 0) is 28.8 Å². The van der Waals surface area contributed by atoms with Crippen molar-refractivity contribution < 1.29 is 19.0 Å². The molecule has 2 N–H and O–H groups in total. The zero-order valence-electron chi connectivity index (χ0n) is 15.7. The van der Waals surface area contributed by atoms with Gasteiger partial charge in [0.2, 0.25) is 0 Å². The molecule has 29 heavy (non-hydrogen) atoms. The lowest BCUT2D eigenvalue weighted by Gasteiger charge is -2.33. The maximum atomic E-state index is 14.5. The highest BCUT2D eigenvalue weighted by Gasteiger charge is 2.36. The van der Waals surface area contributed by atoms with Crippen LogP contribution in [-0.2, 0) is 0 Å². The van der Waals surface area contributed by atoms with Crippen molar-refractivity contribution >= 4 is 11.7 Å². The van der Waals surface area contributed by atoms with Crippen molar-refractivity contribution in [2.75, 3.05) is 7.11 Å². The molecule has 3 aromatic carbocycles. The van der Waals surface area contributed by atoms with Gasteiger partial charge in [0, 0.05) is 0 Å². The highest BCUT2D eigenvalue weighted by Crippen LogP contribution is 2.40. The first-order chi connectivity index (χ1) is 14.1. The molecule has 0 spiro atoms. The summed E-state index contributed by atoms with van der Waals surface area (Å²) >= 11 is 0. The third kappa shape index (κ3) is 3.57. The zero-order chi connectivity index (χ0) is 20.4. The molecule has 0 aliphatic carbocycles. The van der Waals surface area contributed by atoms with E-state index in [1.807, 2.05) is 60.7 Å². The van der Waals surface area contributed by atoms with Gasteiger partial charge in [-0.15, -0.1) is 0 Å². The lowest BCUT2D eigenvalue weighted by molar-refractivity contribution is 0.243. The number of methoxy groups -OCH3 is 1. The molecule has 0 fully saturated rings. The van der Waals surface area contributed by atoms with Crippen LogP contribution in [0.4, 0.5) is 9.18 Å². The Hall–Kier alpha value is -3.67. The Kier molecular flexibility index (Phi) is 4.99. The number of hydrogen-bond donors (Lipinski definition) is 2. The lowest BCUT2D eigenvalue weighted by Crippen LogP contribution is -2.40. The first kappa shape index (κ1) is 18.7. The van der Waals surface area contributed by atoms with E-state index in [0.29, 0.717) is 11.3 Å². The zero-order valence-corrected chi connectivity index (χ0v) is 15.7. The number of phenolic OH excluding ortho intramolecular Hbond substituents is 1. The minimum Gasteiger partial charge on any atom is -0.504 e. The van der Waals surface area contributed by atoms with Crippen LogP contribution < -0.4 is 10.1 Å². The van der Waals surface area contributed by atoms with E-state index >= 15 is 0 Å². The number of nitrogens with zero attached hydrogens (tertiary/aromatic N) is 1. The molecule has 2 amide bonds. The Morgan fingerprint density at radius 2 is 1.66 bits per heavy atom. The molecular formula is C23H19FN2O3. The van der Waals surface area contributed by atoms with E-state index in [9.17, 15) is 14.3 Å². The average molecular weight is 390 g/mol. The summed E-state index contributed by atoms with van der Waals surface area (Å²) < 4.78 is 19.4. The van der Waals surface area contributed by atoms with Crippen molar-refractivity contribution in [3.05, 3.63) is 95.3 Å². The number of amides is 2. The second kappa shape index (κ2) is 7.75. The maximum absolute atomic E-state index is 14.5. The van der Waals surface area contributed by atoms with Crippen molar-refractivity contribution in [1.29, 1.82) is 0 Å². The van der Waals surface area contributed by atoms with Crippen molar-refractivity contribution in [2.24, 2.45) is 4.99 Å². The molecule has 6 heteroatoms. The summed E-state index contributed by atoms with van der Waals surface area (Å²) in [6.45, 7) is 0.